The molecule has 0 atom stereocenters. The molecule has 2 aromatic carbocycles. The Kier molecular flexibility index (Phi) is 3.89. The molecule has 0 aliphatic carbocycles. The molecule has 0 aliphatic heterocycles. The molecule has 0 saturated carbocycles. The first kappa shape index (κ1) is 16.2. The normalized spacial score (nSPS) is 11.0. The van der Waals surface area contributed by atoms with Gasteiger partial charge < -0.3 is 19.9 Å². The molecule has 0 saturated heterocycles. The molecule has 5 nitrogen and oxygen atoms in total. The Labute approximate surface area is 152 Å². The number of methoxy groups -OCH3 is 1. The molecule has 0 radical (unpaired) electrons. The summed E-state index contributed by atoms with van der Waals surface area (Å²) in [7, 11) is 1.55. The van der Waals surface area contributed by atoms with Crippen LogP contribution in [0.4, 0.5) is 0 Å². The van der Waals surface area contributed by atoms with Crippen LogP contribution in [-0.4, -0.2) is 22.3 Å². The van der Waals surface area contributed by atoms with Crippen molar-refractivity contribution in [2.75, 3.05) is 7.11 Å². The monoisotopic (exact) mass is 365 g/mol. The van der Waals surface area contributed by atoms with Crippen molar-refractivity contribution in [3.63, 3.8) is 0 Å². The fraction of sp³-hybridized carbons (Fsp3) is 0.0500. The molecule has 2 aromatic heterocycles. The second-order valence-electron chi connectivity index (χ2n) is 5.78. The highest BCUT2D eigenvalue weighted by atomic mass is 32.1. The zero-order valence-corrected chi connectivity index (χ0v) is 14.6. The van der Waals surface area contributed by atoms with E-state index >= 15 is 0 Å². The van der Waals surface area contributed by atoms with Gasteiger partial charge >= 0.3 is 0 Å². The summed E-state index contributed by atoms with van der Waals surface area (Å²) in [6.07, 6.45) is 0. The van der Waals surface area contributed by atoms with Crippen molar-refractivity contribution in [2.45, 2.75) is 0 Å². The average Bonchev–Trinajstić information content (AvgIpc) is 3.07. The first-order valence-corrected chi connectivity index (χ1v) is 8.77. The van der Waals surface area contributed by atoms with Crippen molar-refractivity contribution in [1.82, 2.24) is 4.98 Å². The van der Waals surface area contributed by atoms with Crippen molar-refractivity contribution in [1.29, 1.82) is 0 Å². The van der Waals surface area contributed by atoms with Gasteiger partial charge in [-0.3, -0.25) is 4.79 Å². The van der Waals surface area contributed by atoms with Crippen LogP contribution in [0.1, 0.15) is 0 Å². The van der Waals surface area contributed by atoms with Gasteiger partial charge in [-0.05, 0) is 23.8 Å². The molecule has 0 unspecified atom stereocenters. The van der Waals surface area contributed by atoms with Gasteiger partial charge in [0.25, 0.3) is 5.56 Å². The number of ether oxygens (including phenoxy) is 1. The van der Waals surface area contributed by atoms with Crippen molar-refractivity contribution in [3.05, 3.63) is 64.3 Å². The molecular weight excluding hydrogens is 350 g/mol. The first-order valence-electron chi connectivity index (χ1n) is 7.89. The summed E-state index contributed by atoms with van der Waals surface area (Å²) in [5.41, 5.74) is 1.63. The Morgan fingerprint density at radius 2 is 1.81 bits per heavy atom. The van der Waals surface area contributed by atoms with Gasteiger partial charge in [-0.1, -0.05) is 30.3 Å². The third-order valence-corrected chi connectivity index (χ3v) is 5.17. The van der Waals surface area contributed by atoms with Gasteiger partial charge in [0.1, 0.15) is 22.1 Å². The van der Waals surface area contributed by atoms with Gasteiger partial charge in [0.05, 0.1) is 18.1 Å². The Bertz CT molecular complexity index is 1160. The highest BCUT2D eigenvalue weighted by Gasteiger charge is 2.20. The number of hydrogen-bond acceptors (Lipinski definition) is 5. The van der Waals surface area contributed by atoms with Crippen molar-refractivity contribution < 1.29 is 14.9 Å². The number of thiophene rings is 1. The summed E-state index contributed by atoms with van der Waals surface area (Å²) in [6, 6.07) is 13.9. The van der Waals surface area contributed by atoms with E-state index < -0.39 is 0 Å². The number of aromatic nitrogens is 1. The summed E-state index contributed by atoms with van der Waals surface area (Å²) in [5, 5.41) is 23.5. The lowest BCUT2D eigenvalue weighted by atomic mass is 10.00. The highest BCUT2D eigenvalue weighted by molar-refractivity contribution is 7.17. The lowest BCUT2D eigenvalue weighted by Crippen LogP contribution is -2.08. The van der Waals surface area contributed by atoms with Crippen molar-refractivity contribution >= 4 is 21.6 Å². The lowest BCUT2D eigenvalue weighted by Gasteiger charge is -2.09. The first-order chi connectivity index (χ1) is 12.6. The van der Waals surface area contributed by atoms with E-state index in [2.05, 4.69) is 4.98 Å². The summed E-state index contributed by atoms with van der Waals surface area (Å²) in [4.78, 5) is 15.9. The quantitative estimate of drug-likeness (QED) is 0.504. The number of benzene rings is 2. The van der Waals surface area contributed by atoms with Crippen LogP contribution >= 0.6 is 11.3 Å². The minimum atomic E-state index is -0.357. The Balaban J connectivity index is 2.04. The fourth-order valence-corrected chi connectivity index (χ4v) is 3.97. The topological polar surface area (TPSA) is 82.5 Å². The van der Waals surface area contributed by atoms with Crippen molar-refractivity contribution in [3.8, 4) is 39.5 Å². The summed E-state index contributed by atoms with van der Waals surface area (Å²) >= 11 is 1.30. The number of pyridine rings is 1. The number of H-pyrrole nitrogens is 1. The number of nitrogens with one attached hydrogen (secondary N) is 1. The highest BCUT2D eigenvalue weighted by Crippen LogP contribution is 2.44. The van der Waals surface area contributed by atoms with Gasteiger partial charge in [0.2, 0.25) is 0 Å². The molecule has 0 fully saturated rings. The standard InChI is InChI=1S/C20H15NO4S/c1-25-12-7-8-15(22)13(9-12)14-10-26-20-17(14)18(23)16(19(24)21-20)11-5-3-2-4-6-11/h2-10,22H,1H3,(H2,21,23,24). The Morgan fingerprint density at radius 3 is 2.54 bits per heavy atom. The molecular formula is C20H15NO4S. The second kappa shape index (κ2) is 6.24. The van der Waals surface area contributed by atoms with E-state index in [4.69, 9.17) is 4.74 Å². The van der Waals surface area contributed by atoms with Gasteiger partial charge in [0, 0.05) is 16.5 Å². The molecule has 4 aromatic rings. The van der Waals surface area contributed by atoms with E-state index in [1.165, 1.54) is 11.3 Å². The van der Waals surface area contributed by atoms with E-state index in [0.717, 1.165) is 0 Å². The van der Waals surface area contributed by atoms with Gasteiger partial charge in [0.15, 0.2) is 0 Å². The van der Waals surface area contributed by atoms with E-state index in [1.54, 1.807) is 55.0 Å². The molecule has 6 heteroatoms. The van der Waals surface area contributed by atoms with E-state index in [-0.39, 0.29) is 22.6 Å². The predicted molar refractivity (Wildman–Crippen MR) is 103 cm³/mol. The summed E-state index contributed by atoms with van der Waals surface area (Å²) in [5.74, 6) is 0.551. The molecule has 2 heterocycles. The van der Waals surface area contributed by atoms with Crippen LogP contribution in [0.5, 0.6) is 17.2 Å². The molecule has 0 spiro atoms. The van der Waals surface area contributed by atoms with Crippen LogP contribution in [0.3, 0.4) is 0 Å². The maximum Gasteiger partial charge on any atom is 0.260 e. The third-order valence-electron chi connectivity index (χ3n) is 4.28. The number of hydrogen-bond donors (Lipinski definition) is 3. The van der Waals surface area contributed by atoms with Gasteiger partial charge in [-0.15, -0.1) is 11.3 Å². The van der Waals surface area contributed by atoms with Crippen LogP contribution in [0.25, 0.3) is 32.5 Å². The zero-order valence-electron chi connectivity index (χ0n) is 13.8. The fourth-order valence-electron chi connectivity index (χ4n) is 3.01. The smallest absolute Gasteiger partial charge is 0.260 e. The maximum absolute atomic E-state index is 12.5. The second-order valence-corrected chi connectivity index (χ2v) is 6.66. The summed E-state index contributed by atoms with van der Waals surface area (Å²) in [6.45, 7) is 0. The van der Waals surface area contributed by atoms with Gasteiger partial charge in [-0.25, -0.2) is 0 Å². The van der Waals surface area contributed by atoms with Crippen LogP contribution in [0.15, 0.2) is 58.7 Å². The van der Waals surface area contributed by atoms with E-state index in [0.29, 0.717) is 32.7 Å². The maximum atomic E-state index is 12.5. The molecule has 0 aliphatic rings. The molecule has 130 valence electrons. The predicted octanol–water partition coefficient (Wildman–Crippen LogP) is 4.34. The number of aromatic hydroxyl groups is 2. The lowest BCUT2D eigenvalue weighted by molar-refractivity contribution is 0.412. The van der Waals surface area contributed by atoms with E-state index in [9.17, 15) is 15.0 Å². The zero-order chi connectivity index (χ0) is 18.3. The van der Waals surface area contributed by atoms with Gasteiger partial charge in [-0.2, -0.15) is 0 Å². The van der Waals surface area contributed by atoms with Crippen LogP contribution in [-0.2, 0) is 0 Å². The number of fused-ring (bicyclic) bond motifs is 1. The van der Waals surface area contributed by atoms with Crippen LogP contribution < -0.4 is 10.3 Å². The summed E-state index contributed by atoms with van der Waals surface area (Å²) < 4.78 is 5.23. The Hall–Kier alpha value is -3.25. The average molecular weight is 365 g/mol. The number of rotatable bonds is 3. The number of aromatic amines is 1. The largest absolute Gasteiger partial charge is 0.507 e. The minimum Gasteiger partial charge on any atom is -0.507 e. The molecule has 0 amide bonds. The minimum absolute atomic E-state index is 0.0670. The van der Waals surface area contributed by atoms with Crippen LogP contribution in [0, 0.1) is 0 Å². The molecule has 0 bridgehead atoms. The van der Waals surface area contributed by atoms with Crippen molar-refractivity contribution in [2.24, 2.45) is 0 Å². The molecule has 3 N–H and O–H groups in total. The molecule has 4 rings (SSSR count). The Morgan fingerprint density at radius 1 is 1.04 bits per heavy atom. The number of phenols is 1. The number of phenolic OH excluding ortho intramolecular Hbond substituents is 1. The van der Waals surface area contributed by atoms with Crippen LogP contribution in [0.2, 0.25) is 0 Å². The third kappa shape index (κ3) is 2.51. The van der Waals surface area contributed by atoms with E-state index in [1.807, 2.05) is 6.07 Å². The SMILES string of the molecule is COc1ccc(O)c(-c2csc3[nH]c(=O)c(-c4ccccc4)c(O)c23)c1. The molecule has 26 heavy (non-hydrogen) atoms.